The number of hydrogen-bond donors (Lipinski definition) is 1. The van der Waals surface area contributed by atoms with Crippen molar-refractivity contribution in [3.8, 4) is 0 Å². The highest BCUT2D eigenvalue weighted by Gasteiger charge is 2.17. The van der Waals surface area contributed by atoms with Gasteiger partial charge in [0.2, 0.25) is 0 Å². The minimum atomic E-state index is 0.0335. The van der Waals surface area contributed by atoms with Gasteiger partial charge in [-0.3, -0.25) is 0 Å². The lowest BCUT2D eigenvalue weighted by atomic mass is 10.0. The first kappa shape index (κ1) is 11.2. The summed E-state index contributed by atoms with van der Waals surface area (Å²) in [7, 11) is 0. The van der Waals surface area contributed by atoms with Gasteiger partial charge in [0.15, 0.2) is 0 Å². The molecule has 0 bridgehead atoms. The fourth-order valence-corrected chi connectivity index (χ4v) is 1.50. The molecule has 1 aromatic rings. The Morgan fingerprint density at radius 1 is 1.21 bits per heavy atom. The summed E-state index contributed by atoms with van der Waals surface area (Å²) in [5.41, 5.74) is 7.18. The summed E-state index contributed by atoms with van der Waals surface area (Å²) in [6.07, 6.45) is 0.964. The van der Waals surface area contributed by atoms with E-state index in [0.717, 1.165) is 6.42 Å². The Balaban J connectivity index is 2.77. The Morgan fingerprint density at radius 3 is 2.36 bits per heavy atom. The molecular weight excluding hydrogens is 174 g/mol. The van der Waals surface area contributed by atoms with Crippen LogP contribution in [-0.2, 0) is 4.74 Å². The van der Waals surface area contributed by atoms with E-state index in [1.165, 1.54) is 5.56 Å². The van der Waals surface area contributed by atoms with Gasteiger partial charge in [-0.1, -0.05) is 37.3 Å². The third-order valence-corrected chi connectivity index (χ3v) is 2.33. The van der Waals surface area contributed by atoms with Crippen molar-refractivity contribution in [1.82, 2.24) is 0 Å². The number of rotatable bonds is 5. The molecule has 2 N–H and O–H groups in total. The van der Waals surface area contributed by atoms with Crippen LogP contribution in [0.4, 0.5) is 0 Å². The first-order chi connectivity index (χ1) is 6.79. The lowest BCUT2D eigenvalue weighted by molar-refractivity contribution is 0.0424. The van der Waals surface area contributed by atoms with E-state index < -0.39 is 0 Å². The van der Waals surface area contributed by atoms with E-state index in [1.54, 1.807) is 0 Å². The van der Waals surface area contributed by atoms with Gasteiger partial charge in [-0.05, 0) is 18.9 Å². The normalized spacial score (nSPS) is 15.1. The van der Waals surface area contributed by atoms with Crippen molar-refractivity contribution >= 4 is 0 Å². The Morgan fingerprint density at radius 2 is 1.86 bits per heavy atom. The molecule has 0 amide bonds. The van der Waals surface area contributed by atoms with E-state index in [4.69, 9.17) is 10.5 Å². The van der Waals surface area contributed by atoms with Gasteiger partial charge in [-0.15, -0.1) is 0 Å². The molecule has 0 heterocycles. The number of benzene rings is 1. The Kier molecular flexibility index (Phi) is 4.63. The number of nitrogens with two attached hydrogens (primary N) is 1. The lowest BCUT2D eigenvalue weighted by Crippen LogP contribution is -2.29. The maximum atomic E-state index is 6.01. The maximum Gasteiger partial charge on any atom is 0.0975 e. The van der Waals surface area contributed by atoms with Crippen LogP contribution in [0, 0.1) is 0 Å². The van der Waals surface area contributed by atoms with Crippen LogP contribution in [0.15, 0.2) is 30.3 Å². The molecule has 0 radical (unpaired) electrons. The predicted octanol–water partition coefficient (Wildman–Crippen LogP) is 2.50. The average molecular weight is 193 g/mol. The molecule has 2 heteroatoms. The molecule has 1 rings (SSSR count). The molecule has 1 aromatic carbocycles. The largest absolute Gasteiger partial charge is 0.372 e. The van der Waals surface area contributed by atoms with Gasteiger partial charge in [0.25, 0.3) is 0 Å². The smallest absolute Gasteiger partial charge is 0.0975 e. The standard InChI is InChI=1S/C12H19NO/c1-3-11(13)12(14-4-2)10-8-6-5-7-9-10/h5-9,11-12H,3-4,13H2,1-2H3/t11-,12?/m0/s1. The average Bonchev–Trinajstić information content (AvgIpc) is 2.26. The van der Waals surface area contributed by atoms with E-state index in [2.05, 4.69) is 19.1 Å². The van der Waals surface area contributed by atoms with Crippen molar-refractivity contribution in [3.05, 3.63) is 35.9 Å². The molecule has 0 aliphatic rings. The van der Waals surface area contributed by atoms with E-state index in [9.17, 15) is 0 Å². The summed E-state index contributed by atoms with van der Waals surface area (Å²) >= 11 is 0. The molecular formula is C12H19NO. The minimum Gasteiger partial charge on any atom is -0.372 e. The molecule has 0 aliphatic heterocycles. The molecule has 0 fully saturated rings. The van der Waals surface area contributed by atoms with E-state index in [0.29, 0.717) is 6.61 Å². The summed E-state index contributed by atoms with van der Waals surface area (Å²) in [4.78, 5) is 0. The highest BCUT2D eigenvalue weighted by atomic mass is 16.5. The molecule has 1 unspecified atom stereocenters. The predicted molar refractivity (Wildman–Crippen MR) is 59.1 cm³/mol. The molecule has 78 valence electrons. The lowest BCUT2D eigenvalue weighted by Gasteiger charge is -2.23. The van der Waals surface area contributed by atoms with Gasteiger partial charge >= 0.3 is 0 Å². The van der Waals surface area contributed by atoms with Gasteiger partial charge in [0, 0.05) is 12.6 Å². The first-order valence-electron chi connectivity index (χ1n) is 5.21. The summed E-state index contributed by atoms with van der Waals surface area (Å²) in [6.45, 7) is 4.78. The maximum absolute atomic E-state index is 6.01. The van der Waals surface area contributed by atoms with E-state index >= 15 is 0 Å². The fraction of sp³-hybridized carbons (Fsp3) is 0.500. The summed E-state index contributed by atoms with van der Waals surface area (Å²) in [5, 5.41) is 0. The van der Waals surface area contributed by atoms with Gasteiger partial charge in [-0.2, -0.15) is 0 Å². The molecule has 2 atom stereocenters. The molecule has 0 saturated carbocycles. The Bertz CT molecular complexity index is 248. The first-order valence-corrected chi connectivity index (χ1v) is 5.21. The number of ether oxygens (including phenoxy) is 1. The Labute approximate surface area is 86.1 Å². The van der Waals surface area contributed by atoms with Crippen LogP contribution in [0.25, 0.3) is 0 Å². The molecule has 0 aromatic heterocycles. The van der Waals surface area contributed by atoms with E-state index in [1.807, 2.05) is 25.1 Å². The van der Waals surface area contributed by atoms with Crippen LogP contribution >= 0.6 is 0 Å². The Hall–Kier alpha value is -0.860. The van der Waals surface area contributed by atoms with Gasteiger partial charge in [0.1, 0.15) is 0 Å². The highest BCUT2D eigenvalue weighted by molar-refractivity contribution is 5.19. The summed E-state index contributed by atoms with van der Waals surface area (Å²) < 4.78 is 5.66. The van der Waals surface area contributed by atoms with E-state index in [-0.39, 0.29) is 12.1 Å². The second-order valence-corrected chi connectivity index (χ2v) is 3.36. The third kappa shape index (κ3) is 2.82. The van der Waals surface area contributed by atoms with Crippen LogP contribution in [0.3, 0.4) is 0 Å². The van der Waals surface area contributed by atoms with Crippen molar-refractivity contribution in [2.75, 3.05) is 6.61 Å². The second-order valence-electron chi connectivity index (χ2n) is 3.36. The highest BCUT2D eigenvalue weighted by Crippen LogP contribution is 2.21. The monoisotopic (exact) mass is 193 g/mol. The molecule has 0 spiro atoms. The second kappa shape index (κ2) is 5.78. The third-order valence-electron chi connectivity index (χ3n) is 2.33. The zero-order chi connectivity index (χ0) is 10.4. The van der Waals surface area contributed by atoms with Crippen LogP contribution in [0.2, 0.25) is 0 Å². The van der Waals surface area contributed by atoms with Gasteiger partial charge < -0.3 is 10.5 Å². The summed E-state index contributed by atoms with van der Waals surface area (Å²) in [5.74, 6) is 0. The van der Waals surface area contributed by atoms with Crippen molar-refractivity contribution in [2.45, 2.75) is 32.4 Å². The van der Waals surface area contributed by atoms with Crippen LogP contribution in [-0.4, -0.2) is 12.6 Å². The zero-order valence-electron chi connectivity index (χ0n) is 8.94. The van der Waals surface area contributed by atoms with Crippen molar-refractivity contribution < 1.29 is 4.74 Å². The fourth-order valence-electron chi connectivity index (χ4n) is 1.50. The number of hydrogen-bond acceptors (Lipinski definition) is 2. The van der Waals surface area contributed by atoms with Crippen LogP contribution in [0.1, 0.15) is 31.9 Å². The van der Waals surface area contributed by atoms with Crippen molar-refractivity contribution in [3.63, 3.8) is 0 Å². The molecule has 0 aliphatic carbocycles. The molecule has 0 saturated heterocycles. The molecule has 2 nitrogen and oxygen atoms in total. The SMILES string of the molecule is CCOC(c1ccccc1)[C@@H](N)CC. The minimum absolute atomic E-state index is 0.0335. The zero-order valence-corrected chi connectivity index (χ0v) is 8.94. The van der Waals surface area contributed by atoms with Crippen LogP contribution < -0.4 is 5.73 Å². The summed E-state index contributed by atoms with van der Waals surface area (Å²) in [6, 6.07) is 10.3. The van der Waals surface area contributed by atoms with Crippen molar-refractivity contribution in [2.24, 2.45) is 5.73 Å². The van der Waals surface area contributed by atoms with Gasteiger partial charge in [0.05, 0.1) is 6.10 Å². The topological polar surface area (TPSA) is 35.2 Å². The van der Waals surface area contributed by atoms with Gasteiger partial charge in [-0.25, -0.2) is 0 Å². The molecule has 14 heavy (non-hydrogen) atoms. The quantitative estimate of drug-likeness (QED) is 0.779. The van der Waals surface area contributed by atoms with Crippen LogP contribution in [0.5, 0.6) is 0 Å². The van der Waals surface area contributed by atoms with Crippen molar-refractivity contribution in [1.29, 1.82) is 0 Å².